The molecule has 3 aromatic rings. The number of hydrogen-bond donors (Lipinski definition) is 2. The Balaban J connectivity index is 1.76. The summed E-state index contributed by atoms with van der Waals surface area (Å²) in [6.07, 6.45) is 0.225. The van der Waals surface area contributed by atoms with Gasteiger partial charge in [-0.3, -0.25) is 9.59 Å². The lowest BCUT2D eigenvalue weighted by Crippen LogP contribution is -2.14. The summed E-state index contributed by atoms with van der Waals surface area (Å²) >= 11 is 0. The van der Waals surface area contributed by atoms with E-state index in [9.17, 15) is 9.59 Å². The highest BCUT2D eigenvalue weighted by molar-refractivity contribution is 5.93. The zero-order chi connectivity index (χ0) is 18.7. The Morgan fingerprint density at radius 1 is 1.04 bits per heavy atom. The van der Waals surface area contributed by atoms with Gasteiger partial charge in [-0.25, -0.2) is 0 Å². The molecule has 1 amide bonds. The minimum atomic E-state index is -0.141. The molecule has 0 saturated heterocycles. The van der Waals surface area contributed by atoms with Crippen LogP contribution in [-0.4, -0.2) is 25.1 Å². The third-order valence-corrected chi connectivity index (χ3v) is 4.13. The van der Waals surface area contributed by atoms with Crippen LogP contribution in [0, 0.1) is 6.92 Å². The standard InChI is InChI=1S/C20H20N2O4/c1-12-8-14-9-13(4-6-16(14)22-20(12)24)10-19(23)21-15-5-7-17(25-2)18(11-15)26-3/h4-9,11H,10H2,1-3H3,(H,21,23)(H,22,24). The van der Waals surface area contributed by atoms with Crippen molar-refractivity contribution in [1.82, 2.24) is 4.98 Å². The second-order valence-corrected chi connectivity index (χ2v) is 6.00. The summed E-state index contributed by atoms with van der Waals surface area (Å²) in [6, 6.07) is 12.6. The molecule has 0 atom stereocenters. The molecule has 0 aliphatic heterocycles. The third-order valence-electron chi connectivity index (χ3n) is 4.13. The lowest BCUT2D eigenvalue weighted by atomic mass is 10.1. The van der Waals surface area contributed by atoms with Gasteiger partial charge in [0.2, 0.25) is 5.91 Å². The van der Waals surface area contributed by atoms with Crippen molar-refractivity contribution < 1.29 is 14.3 Å². The van der Waals surface area contributed by atoms with Crippen LogP contribution in [0.5, 0.6) is 11.5 Å². The number of aryl methyl sites for hydroxylation is 1. The van der Waals surface area contributed by atoms with E-state index in [-0.39, 0.29) is 17.9 Å². The highest BCUT2D eigenvalue weighted by Gasteiger charge is 2.09. The average molecular weight is 352 g/mol. The SMILES string of the molecule is COc1ccc(NC(=O)Cc2ccc3[nH]c(=O)c(C)cc3c2)cc1OC. The van der Waals surface area contributed by atoms with Gasteiger partial charge in [-0.15, -0.1) is 0 Å². The number of ether oxygens (including phenoxy) is 2. The van der Waals surface area contributed by atoms with Gasteiger partial charge in [0.1, 0.15) is 0 Å². The Morgan fingerprint density at radius 3 is 2.54 bits per heavy atom. The number of fused-ring (bicyclic) bond motifs is 1. The molecule has 2 N–H and O–H groups in total. The molecule has 0 spiro atoms. The minimum absolute atomic E-state index is 0.101. The van der Waals surface area contributed by atoms with Gasteiger partial charge in [-0.2, -0.15) is 0 Å². The second-order valence-electron chi connectivity index (χ2n) is 6.00. The molecular formula is C20H20N2O4. The van der Waals surface area contributed by atoms with Crippen molar-refractivity contribution in [3.63, 3.8) is 0 Å². The van der Waals surface area contributed by atoms with E-state index in [2.05, 4.69) is 10.3 Å². The van der Waals surface area contributed by atoms with Crippen LogP contribution in [0.4, 0.5) is 5.69 Å². The average Bonchev–Trinajstić information content (AvgIpc) is 2.62. The first kappa shape index (κ1) is 17.5. The highest BCUT2D eigenvalue weighted by Crippen LogP contribution is 2.29. The number of carbonyl (C=O) groups excluding carboxylic acids is 1. The monoisotopic (exact) mass is 352 g/mol. The topological polar surface area (TPSA) is 80.4 Å². The van der Waals surface area contributed by atoms with Crippen molar-refractivity contribution in [1.29, 1.82) is 0 Å². The summed E-state index contributed by atoms with van der Waals surface area (Å²) in [6.45, 7) is 1.76. The molecule has 26 heavy (non-hydrogen) atoms. The molecule has 3 rings (SSSR count). The van der Waals surface area contributed by atoms with Crippen LogP contribution in [-0.2, 0) is 11.2 Å². The normalized spacial score (nSPS) is 10.6. The van der Waals surface area contributed by atoms with Gasteiger partial charge in [0.15, 0.2) is 11.5 Å². The maximum absolute atomic E-state index is 12.4. The van der Waals surface area contributed by atoms with E-state index in [0.717, 1.165) is 16.5 Å². The van der Waals surface area contributed by atoms with Crippen molar-refractivity contribution in [2.75, 3.05) is 19.5 Å². The van der Waals surface area contributed by atoms with E-state index in [0.29, 0.717) is 22.7 Å². The van der Waals surface area contributed by atoms with Gasteiger partial charge in [0, 0.05) is 22.8 Å². The number of benzene rings is 2. The predicted molar refractivity (Wildman–Crippen MR) is 101 cm³/mol. The lowest BCUT2D eigenvalue weighted by molar-refractivity contribution is -0.115. The first-order valence-electron chi connectivity index (χ1n) is 8.14. The van der Waals surface area contributed by atoms with Crippen LogP contribution >= 0.6 is 0 Å². The van der Waals surface area contributed by atoms with E-state index in [1.165, 1.54) is 0 Å². The molecule has 0 saturated carbocycles. The van der Waals surface area contributed by atoms with E-state index in [4.69, 9.17) is 9.47 Å². The Morgan fingerprint density at radius 2 is 1.81 bits per heavy atom. The fourth-order valence-corrected chi connectivity index (χ4v) is 2.78. The summed E-state index contributed by atoms with van der Waals surface area (Å²) in [7, 11) is 3.11. The number of nitrogens with one attached hydrogen (secondary N) is 2. The molecule has 0 radical (unpaired) electrons. The number of methoxy groups -OCH3 is 2. The molecule has 6 nitrogen and oxygen atoms in total. The summed E-state index contributed by atoms with van der Waals surface area (Å²) in [5.74, 6) is 1.01. The molecule has 0 unspecified atom stereocenters. The quantitative estimate of drug-likeness (QED) is 0.740. The van der Waals surface area contributed by atoms with E-state index < -0.39 is 0 Å². The number of anilines is 1. The molecule has 0 aliphatic rings. The largest absolute Gasteiger partial charge is 0.493 e. The number of carbonyl (C=O) groups is 1. The molecule has 6 heteroatoms. The number of H-pyrrole nitrogens is 1. The maximum Gasteiger partial charge on any atom is 0.251 e. The molecular weight excluding hydrogens is 332 g/mol. The summed E-state index contributed by atoms with van der Waals surface area (Å²) < 4.78 is 10.4. The number of rotatable bonds is 5. The summed E-state index contributed by atoms with van der Waals surface area (Å²) in [5.41, 5.74) is 2.79. The van der Waals surface area contributed by atoms with Crippen LogP contribution in [0.3, 0.4) is 0 Å². The van der Waals surface area contributed by atoms with Crippen molar-refractivity contribution in [2.45, 2.75) is 13.3 Å². The zero-order valence-electron chi connectivity index (χ0n) is 14.9. The molecule has 0 bridgehead atoms. The van der Waals surface area contributed by atoms with E-state index in [1.54, 1.807) is 39.3 Å². The first-order valence-corrected chi connectivity index (χ1v) is 8.14. The number of aromatic nitrogens is 1. The molecule has 1 heterocycles. The highest BCUT2D eigenvalue weighted by atomic mass is 16.5. The number of aromatic amines is 1. The van der Waals surface area contributed by atoms with Gasteiger partial charge in [0.05, 0.1) is 20.6 Å². The van der Waals surface area contributed by atoms with Gasteiger partial charge in [0.25, 0.3) is 5.56 Å². The fourth-order valence-electron chi connectivity index (χ4n) is 2.78. The number of pyridine rings is 1. The zero-order valence-corrected chi connectivity index (χ0v) is 14.9. The van der Waals surface area contributed by atoms with Gasteiger partial charge in [-0.1, -0.05) is 6.07 Å². The summed E-state index contributed by atoms with van der Waals surface area (Å²) in [5, 5.41) is 3.75. The molecule has 2 aromatic carbocycles. The van der Waals surface area contributed by atoms with Crippen LogP contribution in [0.25, 0.3) is 10.9 Å². The molecule has 134 valence electrons. The minimum Gasteiger partial charge on any atom is -0.493 e. The van der Waals surface area contributed by atoms with Crippen molar-refractivity contribution in [3.8, 4) is 11.5 Å². The third kappa shape index (κ3) is 3.69. The van der Waals surface area contributed by atoms with Crippen LogP contribution in [0.1, 0.15) is 11.1 Å². The van der Waals surface area contributed by atoms with Crippen molar-refractivity contribution >= 4 is 22.5 Å². The van der Waals surface area contributed by atoms with E-state index in [1.807, 2.05) is 24.3 Å². The molecule has 0 fully saturated rings. The second kappa shape index (κ2) is 7.31. The van der Waals surface area contributed by atoms with Crippen LogP contribution in [0.2, 0.25) is 0 Å². The van der Waals surface area contributed by atoms with Gasteiger partial charge < -0.3 is 19.8 Å². The first-order chi connectivity index (χ1) is 12.5. The maximum atomic E-state index is 12.4. The van der Waals surface area contributed by atoms with E-state index >= 15 is 0 Å². The number of hydrogen-bond acceptors (Lipinski definition) is 4. The predicted octanol–water partition coefficient (Wildman–Crippen LogP) is 3.03. The van der Waals surface area contributed by atoms with Crippen LogP contribution in [0.15, 0.2) is 47.3 Å². The van der Waals surface area contributed by atoms with Crippen LogP contribution < -0.4 is 20.3 Å². The molecule has 1 aromatic heterocycles. The van der Waals surface area contributed by atoms with Gasteiger partial charge in [-0.05, 0) is 48.2 Å². The van der Waals surface area contributed by atoms with Crippen molar-refractivity contribution in [3.05, 3.63) is 63.9 Å². The Labute approximate surface area is 150 Å². The molecule has 0 aliphatic carbocycles. The number of amides is 1. The fraction of sp³-hybridized carbons (Fsp3) is 0.200. The van der Waals surface area contributed by atoms with Crippen molar-refractivity contribution in [2.24, 2.45) is 0 Å². The van der Waals surface area contributed by atoms with Gasteiger partial charge >= 0.3 is 0 Å². The smallest absolute Gasteiger partial charge is 0.251 e. The lowest BCUT2D eigenvalue weighted by Gasteiger charge is -2.11. The Hall–Kier alpha value is -3.28. The Kier molecular flexibility index (Phi) is 4.93. The Bertz CT molecular complexity index is 1020. The summed E-state index contributed by atoms with van der Waals surface area (Å²) in [4.78, 5) is 26.8.